The van der Waals surface area contributed by atoms with E-state index in [-0.39, 0.29) is 5.97 Å². The van der Waals surface area contributed by atoms with Crippen molar-refractivity contribution in [3.63, 3.8) is 0 Å². The number of hydrogen-bond acceptors (Lipinski definition) is 3. The van der Waals surface area contributed by atoms with Crippen molar-refractivity contribution < 1.29 is 9.53 Å². The average molecular weight is 160 g/mol. The number of rotatable bonds is 4. The number of methoxy groups -OCH3 is 1. The fourth-order valence-electron chi connectivity index (χ4n) is 0.358. The van der Waals surface area contributed by atoms with Gasteiger partial charge < -0.3 is 4.74 Å². The van der Waals surface area contributed by atoms with Gasteiger partial charge in [0.25, 0.3) is 0 Å². The lowest BCUT2D eigenvalue weighted by molar-refractivity contribution is -0.134. The Balaban J connectivity index is 3.27. The van der Waals surface area contributed by atoms with Crippen LogP contribution in [0.1, 0.15) is 13.3 Å². The number of carbonyl (C=O) groups is 1. The Morgan fingerprint density at radius 2 is 2.40 bits per heavy atom. The normalized spacial score (nSPS) is 10.2. The average Bonchev–Trinajstić information content (AvgIpc) is 1.98. The molecule has 0 radical (unpaired) electrons. The summed E-state index contributed by atoms with van der Waals surface area (Å²) in [6.07, 6.45) is 2.55. The Labute approximate surface area is 65.6 Å². The first kappa shape index (κ1) is 9.56. The zero-order valence-electron chi connectivity index (χ0n) is 6.29. The first-order chi connectivity index (χ1) is 4.81. The molecule has 0 aromatic rings. The summed E-state index contributed by atoms with van der Waals surface area (Å²) in [7, 11) is 1.37. The van der Waals surface area contributed by atoms with Gasteiger partial charge in [-0.05, 0) is 17.6 Å². The van der Waals surface area contributed by atoms with Gasteiger partial charge in [0, 0.05) is 6.08 Å². The van der Waals surface area contributed by atoms with E-state index in [1.54, 1.807) is 17.2 Å². The predicted molar refractivity (Wildman–Crippen MR) is 43.9 cm³/mol. The Kier molecular flexibility index (Phi) is 6.38. The zero-order chi connectivity index (χ0) is 7.82. The van der Waals surface area contributed by atoms with Crippen molar-refractivity contribution in [2.45, 2.75) is 13.3 Å². The largest absolute Gasteiger partial charge is 0.466 e. The lowest BCUT2D eigenvalue weighted by atomic mass is 10.6. The molecule has 0 bridgehead atoms. The van der Waals surface area contributed by atoms with Crippen molar-refractivity contribution in [3.05, 3.63) is 11.5 Å². The van der Waals surface area contributed by atoms with Crippen molar-refractivity contribution in [1.82, 2.24) is 0 Å². The second-order valence-electron chi connectivity index (χ2n) is 1.70. The van der Waals surface area contributed by atoms with Gasteiger partial charge >= 0.3 is 5.97 Å². The highest BCUT2D eigenvalue weighted by molar-refractivity contribution is 8.02. The molecule has 0 aromatic carbocycles. The van der Waals surface area contributed by atoms with Crippen LogP contribution in [0.3, 0.4) is 0 Å². The van der Waals surface area contributed by atoms with Crippen LogP contribution in [-0.2, 0) is 9.53 Å². The van der Waals surface area contributed by atoms with E-state index >= 15 is 0 Å². The van der Waals surface area contributed by atoms with E-state index in [0.29, 0.717) is 0 Å². The van der Waals surface area contributed by atoms with E-state index in [1.165, 1.54) is 13.2 Å². The van der Waals surface area contributed by atoms with Crippen LogP contribution < -0.4 is 0 Å². The summed E-state index contributed by atoms with van der Waals surface area (Å²) >= 11 is 1.62. The van der Waals surface area contributed by atoms with Crippen LogP contribution in [0, 0.1) is 0 Å². The highest BCUT2D eigenvalue weighted by Gasteiger charge is 1.88. The van der Waals surface area contributed by atoms with Crippen LogP contribution in [-0.4, -0.2) is 18.8 Å². The molecule has 2 nitrogen and oxygen atoms in total. The molecule has 10 heavy (non-hydrogen) atoms. The van der Waals surface area contributed by atoms with Gasteiger partial charge in [-0.3, -0.25) is 0 Å². The lowest BCUT2D eigenvalue weighted by Crippen LogP contribution is -1.92. The van der Waals surface area contributed by atoms with Crippen molar-refractivity contribution in [2.24, 2.45) is 0 Å². The van der Waals surface area contributed by atoms with Gasteiger partial charge in [-0.2, -0.15) is 0 Å². The summed E-state index contributed by atoms with van der Waals surface area (Å²) in [5, 5.41) is 1.76. The fourth-order valence-corrected chi connectivity index (χ4v) is 0.937. The number of esters is 1. The smallest absolute Gasteiger partial charge is 0.330 e. The van der Waals surface area contributed by atoms with Gasteiger partial charge in [0.15, 0.2) is 0 Å². The van der Waals surface area contributed by atoms with Crippen molar-refractivity contribution >= 4 is 17.7 Å². The SMILES string of the molecule is CCCSC=CC(=O)OC. The van der Waals surface area contributed by atoms with Gasteiger partial charge in [0.1, 0.15) is 0 Å². The maximum absolute atomic E-state index is 10.5. The molecule has 0 heterocycles. The minimum atomic E-state index is -0.288. The van der Waals surface area contributed by atoms with Gasteiger partial charge in [-0.25, -0.2) is 4.79 Å². The molecule has 3 heteroatoms. The minimum Gasteiger partial charge on any atom is -0.466 e. The molecular formula is C7H12O2S. The van der Waals surface area contributed by atoms with Crippen LogP contribution in [0.2, 0.25) is 0 Å². The highest BCUT2D eigenvalue weighted by atomic mass is 32.2. The molecule has 0 rings (SSSR count). The second kappa shape index (κ2) is 6.68. The van der Waals surface area contributed by atoms with Crippen LogP contribution >= 0.6 is 11.8 Å². The molecule has 0 saturated carbocycles. The quantitative estimate of drug-likeness (QED) is 0.356. The fraction of sp³-hybridized carbons (Fsp3) is 0.571. The third-order valence-electron chi connectivity index (χ3n) is 0.824. The molecule has 0 spiro atoms. The predicted octanol–water partition coefficient (Wildman–Crippen LogP) is 1.82. The Bertz CT molecular complexity index is 121. The standard InChI is InChI=1S/C7H12O2S/c1-3-5-10-6-4-7(8)9-2/h4,6H,3,5H2,1-2H3. The first-order valence-electron chi connectivity index (χ1n) is 3.17. The van der Waals surface area contributed by atoms with Crippen molar-refractivity contribution in [3.8, 4) is 0 Å². The van der Waals surface area contributed by atoms with E-state index < -0.39 is 0 Å². The second-order valence-corrected chi connectivity index (χ2v) is 2.71. The monoisotopic (exact) mass is 160 g/mol. The molecule has 0 aliphatic rings. The van der Waals surface area contributed by atoms with Gasteiger partial charge in [0.2, 0.25) is 0 Å². The first-order valence-corrected chi connectivity index (χ1v) is 4.22. The molecule has 0 atom stereocenters. The summed E-state index contributed by atoms with van der Waals surface area (Å²) in [6.45, 7) is 2.10. The summed E-state index contributed by atoms with van der Waals surface area (Å²) in [5.41, 5.74) is 0. The number of ether oxygens (including phenoxy) is 1. The molecular weight excluding hydrogens is 148 g/mol. The maximum atomic E-state index is 10.5. The highest BCUT2D eigenvalue weighted by Crippen LogP contribution is 2.02. The summed E-state index contributed by atoms with van der Waals surface area (Å²) in [5.74, 6) is 0.761. The van der Waals surface area contributed by atoms with Crippen LogP contribution in [0.5, 0.6) is 0 Å². The lowest BCUT2D eigenvalue weighted by Gasteiger charge is -1.89. The molecule has 0 amide bonds. The van der Waals surface area contributed by atoms with Gasteiger partial charge in [0.05, 0.1) is 7.11 Å². The summed E-state index contributed by atoms with van der Waals surface area (Å²) in [4.78, 5) is 10.5. The third kappa shape index (κ3) is 5.69. The zero-order valence-corrected chi connectivity index (χ0v) is 7.11. The van der Waals surface area contributed by atoms with Crippen LogP contribution in [0.4, 0.5) is 0 Å². The van der Waals surface area contributed by atoms with E-state index in [9.17, 15) is 4.79 Å². The molecule has 0 aliphatic carbocycles. The number of carbonyl (C=O) groups excluding carboxylic acids is 1. The van der Waals surface area contributed by atoms with Crippen molar-refractivity contribution in [2.75, 3.05) is 12.9 Å². The van der Waals surface area contributed by atoms with E-state index in [2.05, 4.69) is 11.7 Å². The maximum Gasteiger partial charge on any atom is 0.330 e. The van der Waals surface area contributed by atoms with E-state index in [1.807, 2.05) is 0 Å². The summed E-state index contributed by atoms with van der Waals surface area (Å²) < 4.78 is 4.39. The third-order valence-corrected chi connectivity index (χ3v) is 1.80. The molecule has 0 aliphatic heterocycles. The molecule has 0 N–H and O–H groups in total. The molecule has 0 fully saturated rings. The number of thioether (sulfide) groups is 1. The molecule has 0 saturated heterocycles. The molecule has 58 valence electrons. The summed E-state index contributed by atoms with van der Waals surface area (Å²) in [6, 6.07) is 0. The van der Waals surface area contributed by atoms with Crippen molar-refractivity contribution in [1.29, 1.82) is 0 Å². The minimum absolute atomic E-state index is 0.288. The van der Waals surface area contributed by atoms with E-state index in [0.717, 1.165) is 12.2 Å². The van der Waals surface area contributed by atoms with Gasteiger partial charge in [-0.1, -0.05) is 6.92 Å². The van der Waals surface area contributed by atoms with Crippen LogP contribution in [0.25, 0.3) is 0 Å². The molecule has 0 aromatic heterocycles. The topological polar surface area (TPSA) is 26.3 Å². The van der Waals surface area contributed by atoms with E-state index in [4.69, 9.17) is 0 Å². The Hall–Kier alpha value is -0.440. The Morgan fingerprint density at radius 3 is 2.90 bits per heavy atom. The van der Waals surface area contributed by atoms with Gasteiger partial charge in [-0.15, -0.1) is 11.8 Å². The number of hydrogen-bond donors (Lipinski definition) is 0. The molecule has 0 unspecified atom stereocenters. The Morgan fingerprint density at radius 1 is 1.70 bits per heavy atom. The van der Waals surface area contributed by atoms with Crippen LogP contribution in [0.15, 0.2) is 11.5 Å².